The second-order valence-corrected chi connectivity index (χ2v) is 13.4. The zero-order valence-corrected chi connectivity index (χ0v) is 25.7. The maximum Gasteiger partial charge on any atom is 0.101 e. The molecule has 0 radical (unpaired) electrons. The Hall–Kier alpha value is -5.12. The Labute approximate surface area is 254 Å². The van der Waals surface area contributed by atoms with Gasteiger partial charge in [0.2, 0.25) is 0 Å². The minimum absolute atomic E-state index is 0.0375. The maximum atomic E-state index is 9.71. The van der Waals surface area contributed by atoms with Crippen molar-refractivity contribution in [2.24, 2.45) is 0 Å². The van der Waals surface area contributed by atoms with Crippen LogP contribution < -0.4 is 0 Å². The summed E-state index contributed by atoms with van der Waals surface area (Å²) in [7, 11) is 0. The number of nitrogens with zero attached hydrogens (tertiary/aromatic N) is 3. The first-order valence-electron chi connectivity index (χ1n) is 14.7. The predicted molar refractivity (Wildman–Crippen MR) is 178 cm³/mol. The lowest BCUT2D eigenvalue weighted by atomic mass is 9.85. The summed E-state index contributed by atoms with van der Waals surface area (Å²) in [6.07, 6.45) is 0. The van der Waals surface area contributed by atoms with E-state index in [1.165, 1.54) is 32.9 Å². The van der Waals surface area contributed by atoms with Gasteiger partial charge in [-0.15, -0.1) is 0 Å². The van der Waals surface area contributed by atoms with Crippen LogP contribution in [0, 0.1) is 22.7 Å². The van der Waals surface area contributed by atoms with Crippen LogP contribution in [0.5, 0.6) is 0 Å². The van der Waals surface area contributed by atoms with Crippen molar-refractivity contribution in [2.75, 3.05) is 0 Å². The summed E-state index contributed by atoms with van der Waals surface area (Å²) in [6, 6.07) is 40.5. The molecule has 3 nitrogen and oxygen atoms in total. The lowest BCUT2D eigenvalue weighted by Crippen LogP contribution is -2.10. The van der Waals surface area contributed by atoms with Crippen LogP contribution in [0.25, 0.3) is 49.7 Å². The fraction of sp³-hybridized carbons (Fsp3) is 0.200. The zero-order valence-electron chi connectivity index (χ0n) is 25.7. The molecule has 3 heteroatoms. The lowest BCUT2D eigenvalue weighted by molar-refractivity contribution is 0.590. The summed E-state index contributed by atoms with van der Waals surface area (Å²) in [5, 5.41) is 21.7. The molecule has 0 bridgehead atoms. The third kappa shape index (κ3) is 4.98. The third-order valence-corrected chi connectivity index (χ3v) is 8.41. The lowest BCUT2D eigenvalue weighted by Gasteiger charge is -2.19. The summed E-state index contributed by atoms with van der Waals surface area (Å²) in [4.78, 5) is 0. The minimum Gasteiger partial charge on any atom is -0.309 e. The monoisotopic (exact) mass is 557 g/mol. The van der Waals surface area contributed by atoms with Crippen LogP contribution in [0.15, 0.2) is 103 Å². The van der Waals surface area contributed by atoms with Crippen LogP contribution in [0.2, 0.25) is 0 Å². The molecule has 0 aliphatic heterocycles. The Kier molecular flexibility index (Phi) is 6.71. The average Bonchev–Trinajstić information content (AvgIpc) is 3.33. The highest BCUT2D eigenvalue weighted by Crippen LogP contribution is 2.40. The number of fused-ring (bicyclic) bond motifs is 3. The molecule has 43 heavy (non-hydrogen) atoms. The van der Waals surface area contributed by atoms with E-state index in [4.69, 9.17) is 0 Å². The molecule has 1 heterocycles. The Morgan fingerprint density at radius 1 is 0.512 bits per heavy atom. The van der Waals surface area contributed by atoms with Crippen molar-refractivity contribution in [3.8, 4) is 40.1 Å². The molecule has 6 rings (SSSR count). The molecule has 0 spiro atoms. The fourth-order valence-electron chi connectivity index (χ4n) is 5.92. The SMILES string of the molecule is CC(C)(C)c1ccc2c(c1)c1cc(C(C)(C)C)ccc1n2-c1ccc(-c2ccc(C#N)c(C#N)c2)c(-c2ccccc2)c1. The van der Waals surface area contributed by atoms with Crippen molar-refractivity contribution in [1.29, 1.82) is 10.5 Å². The zero-order chi connectivity index (χ0) is 30.5. The number of benzene rings is 5. The van der Waals surface area contributed by atoms with Crippen LogP contribution in [0.4, 0.5) is 0 Å². The molecule has 6 aromatic rings. The Morgan fingerprint density at radius 2 is 1.09 bits per heavy atom. The van der Waals surface area contributed by atoms with Gasteiger partial charge in [-0.25, -0.2) is 0 Å². The summed E-state index contributed by atoms with van der Waals surface area (Å²) in [6.45, 7) is 13.6. The molecule has 1 aromatic heterocycles. The van der Waals surface area contributed by atoms with Crippen molar-refractivity contribution < 1.29 is 0 Å². The van der Waals surface area contributed by atoms with Crippen molar-refractivity contribution in [1.82, 2.24) is 4.57 Å². The number of nitriles is 2. The van der Waals surface area contributed by atoms with E-state index in [9.17, 15) is 10.5 Å². The predicted octanol–water partition coefficient (Wildman–Crippen LogP) is 10.5. The number of rotatable bonds is 3. The van der Waals surface area contributed by atoms with E-state index in [-0.39, 0.29) is 10.8 Å². The quantitative estimate of drug-likeness (QED) is 0.217. The molecule has 0 saturated carbocycles. The first kappa shape index (κ1) is 28.0. The molecule has 0 unspecified atom stereocenters. The van der Waals surface area contributed by atoms with Gasteiger partial charge in [-0.1, -0.05) is 96.1 Å². The van der Waals surface area contributed by atoms with E-state index >= 15 is 0 Å². The van der Waals surface area contributed by atoms with Gasteiger partial charge in [0.25, 0.3) is 0 Å². The van der Waals surface area contributed by atoms with Gasteiger partial charge in [0.15, 0.2) is 0 Å². The first-order valence-corrected chi connectivity index (χ1v) is 14.7. The highest BCUT2D eigenvalue weighted by molar-refractivity contribution is 6.10. The summed E-state index contributed by atoms with van der Waals surface area (Å²) < 4.78 is 2.37. The van der Waals surface area contributed by atoms with E-state index in [1.54, 1.807) is 6.07 Å². The number of hydrogen-bond donors (Lipinski definition) is 0. The van der Waals surface area contributed by atoms with E-state index in [0.717, 1.165) is 27.9 Å². The van der Waals surface area contributed by atoms with E-state index in [1.807, 2.05) is 30.3 Å². The molecule has 0 fully saturated rings. The molecule has 0 atom stereocenters. The van der Waals surface area contributed by atoms with Crippen molar-refractivity contribution in [2.45, 2.75) is 52.4 Å². The average molecular weight is 558 g/mol. The molecule has 210 valence electrons. The van der Waals surface area contributed by atoms with Crippen molar-refractivity contribution in [3.05, 3.63) is 125 Å². The first-order chi connectivity index (χ1) is 20.5. The normalized spacial score (nSPS) is 11.9. The Morgan fingerprint density at radius 3 is 1.63 bits per heavy atom. The second kappa shape index (κ2) is 10.3. The smallest absolute Gasteiger partial charge is 0.101 e. The number of hydrogen-bond acceptors (Lipinski definition) is 2. The molecule has 0 aliphatic carbocycles. The molecule has 0 N–H and O–H groups in total. The minimum atomic E-state index is 0.0375. The van der Waals surface area contributed by atoms with Crippen LogP contribution in [-0.4, -0.2) is 4.57 Å². The summed E-state index contributed by atoms with van der Waals surface area (Å²) in [5.74, 6) is 0. The Bertz CT molecular complexity index is 2030. The highest BCUT2D eigenvalue weighted by Gasteiger charge is 2.21. The van der Waals surface area contributed by atoms with Gasteiger partial charge in [-0.2, -0.15) is 10.5 Å². The van der Waals surface area contributed by atoms with E-state index < -0.39 is 0 Å². The topological polar surface area (TPSA) is 52.5 Å². The van der Waals surface area contributed by atoms with Gasteiger partial charge in [-0.3, -0.25) is 0 Å². The highest BCUT2D eigenvalue weighted by atomic mass is 15.0. The molecule has 0 aliphatic rings. The summed E-state index contributed by atoms with van der Waals surface area (Å²) in [5.41, 5.74) is 11.0. The Balaban J connectivity index is 1.65. The molecule has 5 aromatic carbocycles. The summed E-state index contributed by atoms with van der Waals surface area (Å²) >= 11 is 0. The molecular weight excluding hydrogens is 522 g/mol. The van der Waals surface area contributed by atoms with Crippen LogP contribution in [0.3, 0.4) is 0 Å². The van der Waals surface area contributed by atoms with Crippen LogP contribution >= 0.6 is 0 Å². The van der Waals surface area contributed by atoms with Crippen molar-refractivity contribution in [3.63, 3.8) is 0 Å². The van der Waals surface area contributed by atoms with Gasteiger partial charge >= 0.3 is 0 Å². The number of aromatic nitrogens is 1. The van der Waals surface area contributed by atoms with Gasteiger partial charge < -0.3 is 4.57 Å². The molecular formula is C40H35N3. The molecule has 0 amide bonds. The van der Waals surface area contributed by atoms with Gasteiger partial charge in [0, 0.05) is 16.5 Å². The van der Waals surface area contributed by atoms with Crippen LogP contribution in [-0.2, 0) is 10.8 Å². The molecule has 0 saturated heterocycles. The van der Waals surface area contributed by atoms with Gasteiger partial charge in [-0.05, 0) is 92.7 Å². The van der Waals surface area contributed by atoms with Gasteiger partial charge in [0.05, 0.1) is 22.2 Å². The van der Waals surface area contributed by atoms with E-state index in [0.29, 0.717) is 11.1 Å². The fourth-order valence-corrected chi connectivity index (χ4v) is 5.92. The largest absolute Gasteiger partial charge is 0.309 e. The maximum absolute atomic E-state index is 9.71. The van der Waals surface area contributed by atoms with E-state index in [2.05, 4.69) is 125 Å². The van der Waals surface area contributed by atoms with Crippen LogP contribution in [0.1, 0.15) is 63.8 Å². The van der Waals surface area contributed by atoms with Crippen molar-refractivity contribution >= 4 is 21.8 Å². The second-order valence-electron chi connectivity index (χ2n) is 13.4. The third-order valence-electron chi connectivity index (χ3n) is 8.41. The standard InChI is InChI=1S/C40H35N3/c1-39(2,3)30-14-18-37-35(21-30)36-22-31(40(4,5)6)15-19-38(36)43(37)32-16-17-33(34(23-32)26-10-8-7-9-11-26)27-12-13-28(24-41)29(20-27)25-42/h7-23H,1-6H3. The van der Waals surface area contributed by atoms with Gasteiger partial charge in [0.1, 0.15) is 12.1 Å².